The molecule has 0 aromatic carbocycles. The zero-order chi connectivity index (χ0) is 10.4. The van der Waals surface area contributed by atoms with Gasteiger partial charge in [-0.3, -0.25) is 0 Å². The first-order valence-electron chi connectivity index (χ1n) is 5.04. The molecule has 0 spiro atoms. The van der Waals surface area contributed by atoms with Crippen molar-refractivity contribution in [3.8, 4) is 0 Å². The zero-order valence-electron chi connectivity index (χ0n) is 9.07. The van der Waals surface area contributed by atoms with E-state index in [-0.39, 0.29) is 5.92 Å². The first kappa shape index (κ1) is 12.4. The lowest BCUT2D eigenvalue weighted by atomic mass is 9.86. The average Bonchev–Trinajstić information content (AvgIpc) is 2.05. The number of halogens is 1. The van der Waals surface area contributed by atoms with E-state index < -0.39 is 6.17 Å². The Kier molecular flexibility index (Phi) is 5.68. The highest BCUT2D eigenvalue weighted by atomic mass is 19.1. The number of hydrogen-bond donors (Lipinski definition) is 0. The van der Waals surface area contributed by atoms with Crippen LogP contribution >= 0.6 is 0 Å². The van der Waals surface area contributed by atoms with Gasteiger partial charge in [-0.1, -0.05) is 39.0 Å². The van der Waals surface area contributed by atoms with Crippen molar-refractivity contribution in [2.75, 3.05) is 0 Å². The Balaban J connectivity index is 4.32. The second-order valence-corrected chi connectivity index (χ2v) is 3.56. The van der Waals surface area contributed by atoms with E-state index in [0.29, 0.717) is 5.57 Å². The fourth-order valence-electron chi connectivity index (χ4n) is 1.59. The summed E-state index contributed by atoms with van der Waals surface area (Å²) in [6.07, 6.45) is 2.04. The first-order chi connectivity index (χ1) is 6.04. The number of alkyl halides is 1. The Bertz CT molecular complexity index is 180. The molecule has 0 aliphatic heterocycles. The molecule has 0 heterocycles. The highest BCUT2D eigenvalue weighted by Crippen LogP contribution is 2.27. The van der Waals surface area contributed by atoms with Crippen molar-refractivity contribution in [2.45, 2.75) is 46.2 Å². The number of hydrogen-bond acceptors (Lipinski definition) is 0. The minimum atomic E-state index is -0.918. The molecule has 1 heteroatoms. The molecule has 0 fully saturated rings. The molecule has 0 bridgehead atoms. The van der Waals surface area contributed by atoms with E-state index in [9.17, 15) is 4.39 Å². The minimum absolute atomic E-state index is 0.167. The van der Waals surface area contributed by atoms with E-state index >= 15 is 0 Å². The summed E-state index contributed by atoms with van der Waals surface area (Å²) in [5.41, 5.74) is 1.81. The fourth-order valence-corrected chi connectivity index (χ4v) is 1.59. The van der Waals surface area contributed by atoms with Crippen molar-refractivity contribution in [2.24, 2.45) is 5.92 Å². The van der Waals surface area contributed by atoms with Crippen LogP contribution in [0.5, 0.6) is 0 Å². The Labute approximate surface area is 81.5 Å². The smallest absolute Gasteiger partial charge is 0.119 e. The van der Waals surface area contributed by atoms with Crippen LogP contribution in [0.3, 0.4) is 0 Å². The summed E-state index contributed by atoms with van der Waals surface area (Å²) in [4.78, 5) is 0. The molecule has 0 saturated carbocycles. The molecule has 0 amide bonds. The molecule has 0 saturated heterocycles. The van der Waals surface area contributed by atoms with Gasteiger partial charge in [-0.05, 0) is 25.3 Å². The molecule has 0 aliphatic rings. The lowest BCUT2D eigenvalue weighted by Gasteiger charge is -2.21. The van der Waals surface area contributed by atoms with Gasteiger partial charge in [-0.25, -0.2) is 4.39 Å². The van der Waals surface area contributed by atoms with Crippen LogP contribution in [0.2, 0.25) is 0 Å². The van der Waals surface area contributed by atoms with Gasteiger partial charge in [0.1, 0.15) is 6.17 Å². The van der Waals surface area contributed by atoms with Gasteiger partial charge < -0.3 is 0 Å². The van der Waals surface area contributed by atoms with E-state index in [1.807, 2.05) is 0 Å². The van der Waals surface area contributed by atoms with Gasteiger partial charge in [0.05, 0.1) is 0 Å². The molecule has 0 rings (SSSR count). The summed E-state index contributed by atoms with van der Waals surface area (Å²) < 4.78 is 13.0. The summed E-state index contributed by atoms with van der Waals surface area (Å²) >= 11 is 0. The third-order valence-corrected chi connectivity index (χ3v) is 2.43. The third kappa shape index (κ3) is 3.75. The maximum Gasteiger partial charge on any atom is 0.119 e. The van der Waals surface area contributed by atoms with E-state index in [4.69, 9.17) is 0 Å². The van der Waals surface area contributed by atoms with Crippen LogP contribution in [0, 0.1) is 5.92 Å². The highest BCUT2D eigenvalue weighted by molar-refractivity contribution is 5.18. The normalized spacial score (nSPS) is 15.1. The number of rotatable bonds is 6. The van der Waals surface area contributed by atoms with Gasteiger partial charge in [0, 0.05) is 5.92 Å². The summed E-state index contributed by atoms with van der Waals surface area (Å²) in [5.74, 6) is 0.167. The van der Waals surface area contributed by atoms with E-state index in [2.05, 4.69) is 27.0 Å². The maximum absolute atomic E-state index is 13.0. The Hall–Kier alpha value is -0.590. The average molecular weight is 184 g/mol. The van der Waals surface area contributed by atoms with Crippen molar-refractivity contribution < 1.29 is 4.39 Å². The van der Waals surface area contributed by atoms with Crippen LogP contribution in [-0.4, -0.2) is 6.17 Å². The molecule has 2 unspecified atom stereocenters. The third-order valence-electron chi connectivity index (χ3n) is 2.43. The molecule has 0 nitrogen and oxygen atoms in total. The van der Waals surface area contributed by atoms with Crippen LogP contribution in [0.1, 0.15) is 40.0 Å². The van der Waals surface area contributed by atoms with Crippen molar-refractivity contribution in [1.82, 2.24) is 0 Å². The van der Waals surface area contributed by atoms with Crippen LogP contribution in [0.15, 0.2) is 24.3 Å². The van der Waals surface area contributed by atoms with Crippen LogP contribution in [0.4, 0.5) is 4.39 Å². The zero-order valence-corrected chi connectivity index (χ0v) is 9.07. The molecule has 0 aliphatic carbocycles. The summed E-state index contributed by atoms with van der Waals surface area (Å²) in [7, 11) is 0. The SMILES string of the molecule is C=C(CCC)C(CC)C(=C)C(C)F. The number of allylic oxidation sites excluding steroid dienone is 2. The van der Waals surface area contributed by atoms with Gasteiger partial charge in [0.25, 0.3) is 0 Å². The highest BCUT2D eigenvalue weighted by Gasteiger charge is 2.17. The van der Waals surface area contributed by atoms with E-state index in [1.165, 1.54) is 0 Å². The molecule has 76 valence electrons. The molecule has 0 N–H and O–H groups in total. The molecule has 13 heavy (non-hydrogen) atoms. The Morgan fingerprint density at radius 3 is 2.15 bits per heavy atom. The first-order valence-corrected chi connectivity index (χ1v) is 5.04. The van der Waals surface area contributed by atoms with E-state index in [1.54, 1.807) is 6.92 Å². The van der Waals surface area contributed by atoms with Gasteiger partial charge in [-0.15, -0.1) is 0 Å². The summed E-state index contributed by atoms with van der Waals surface area (Å²) in [5, 5.41) is 0. The molecular formula is C12H21F. The van der Waals surface area contributed by atoms with Crippen molar-refractivity contribution in [1.29, 1.82) is 0 Å². The quantitative estimate of drug-likeness (QED) is 0.540. The minimum Gasteiger partial charge on any atom is -0.243 e. The molecular weight excluding hydrogens is 163 g/mol. The summed E-state index contributed by atoms with van der Waals surface area (Å²) in [6.45, 7) is 13.5. The molecule has 0 aromatic rings. The van der Waals surface area contributed by atoms with Crippen molar-refractivity contribution in [3.05, 3.63) is 24.3 Å². The monoisotopic (exact) mass is 184 g/mol. The van der Waals surface area contributed by atoms with Gasteiger partial charge >= 0.3 is 0 Å². The maximum atomic E-state index is 13.0. The van der Waals surface area contributed by atoms with Crippen molar-refractivity contribution >= 4 is 0 Å². The van der Waals surface area contributed by atoms with Crippen molar-refractivity contribution in [3.63, 3.8) is 0 Å². The predicted molar refractivity (Wildman–Crippen MR) is 57.5 cm³/mol. The second kappa shape index (κ2) is 5.95. The molecule has 0 radical (unpaired) electrons. The van der Waals surface area contributed by atoms with Gasteiger partial charge in [-0.2, -0.15) is 0 Å². The van der Waals surface area contributed by atoms with Crippen LogP contribution < -0.4 is 0 Å². The Morgan fingerprint density at radius 2 is 1.85 bits per heavy atom. The van der Waals surface area contributed by atoms with E-state index in [0.717, 1.165) is 24.8 Å². The Morgan fingerprint density at radius 1 is 1.31 bits per heavy atom. The van der Waals surface area contributed by atoms with Crippen LogP contribution in [0.25, 0.3) is 0 Å². The second-order valence-electron chi connectivity index (χ2n) is 3.56. The summed E-state index contributed by atoms with van der Waals surface area (Å²) in [6, 6.07) is 0. The molecule has 0 aromatic heterocycles. The van der Waals surface area contributed by atoms with Gasteiger partial charge in [0.15, 0.2) is 0 Å². The lowest BCUT2D eigenvalue weighted by Crippen LogP contribution is -2.12. The fraction of sp³-hybridized carbons (Fsp3) is 0.667. The predicted octanol–water partition coefficient (Wildman–Crippen LogP) is 4.28. The largest absolute Gasteiger partial charge is 0.243 e. The topological polar surface area (TPSA) is 0 Å². The lowest BCUT2D eigenvalue weighted by molar-refractivity contribution is 0.382. The van der Waals surface area contributed by atoms with Crippen LogP contribution in [-0.2, 0) is 0 Å². The molecule has 2 atom stereocenters. The van der Waals surface area contributed by atoms with Gasteiger partial charge in [0.2, 0.25) is 0 Å². The standard InChI is InChI=1S/C12H21F/c1-6-8-9(3)12(7-2)10(4)11(5)13/h11-12H,3-4,6-8H2,1-2,5H3.